The van der Waals surface area contributed by atoms with Gasteiger partial charge in [-0.3, -0.25) is 0 Å². The second kappa shape index (κ2) is 6.86. The minimum absolute atomic E-state index is 0.193. The molecule has 1 aromatic rings. The molecule has 1 heterocycles. The number of aryl methyl sites for hydroxylation is 1. The first kappa shape index (κ1) is 18.0. The number of nitrogens with zero attached hydrogens (tertiary/aromatic N) is 1. The fourth-order valence-corrected chi connectivity index (χ4v) is 4.16. The Kier molecular flexibility index (Phi) is 4.95. The SMILES string of the molecule is C=C(C)c1c2c(cc3c1CCN(C(=O)OC(C)(C)C)CC3)CCCC2. The molecule has 0 aromatic heterocycles. The summed E-state index contributed by atoms with van der Waals surface area (Å²) in [4.78, 5) is 14.3. The van der Waals surface area contributed by atoms with E-state index < -0.39 is 5.60 Å². The van der Waals surface area contributed by atoms with Gasteiger partial charge in [-0.25, -0.2) is 4.79 Å². The average molecular weight is 341 g/mol. The van der Waals surface area contributed by atoms with Crippen LogP contribution in [0.3, 0.4) is 0 Å². The van der Waals surface area contributed by atoms with Gasteiger partial charge in [0.15, 0.2) is 0 Å². The number of carbonyl (C=O) groups excluding carboxylic acids is 1. The molecular formula is C22H31NO2. The van der Waals surface area contributed by atoms with E-state index in [4.69, 9.17) is 4.74 Å². The highest BCUT2D eigenvalue weighted by Crippen LogP contribution is 2.35. The number of hydrogen-bond donors (Lipinski definition) is 0. The molecule has 0 bridgehead atoms. The zero-order valence-corrected chi connectivity index (χ0v) is 16.2. The molecule has 3 nitrogen and oxygen atoms in total. The van der Waals surface area contributed by atoms with Gasteiger partial charge in [-0.05, 0) is 94.0 Å². The minimum atomic E-state index is -0.446. The maximum absolute atomic E-state index is 12.5. The maximum Gasteiger partial charge on any atom is 0.410 e. The van der Waals surface area contributed by atoms with Crippen molar-refractivity contribution in [2.24, 2.45) is 0 Å². The Bertz CT molecular complexity index is 697. The van der Waals surface area contributed by atoms with Crippen LogP contribution in [0.25, 0.3) is 5.57 Å². The Hall–Kier alpha value is -1.77. The highest BCUT2D eigenvalue weighted by Gasteiger charge is 2.27. The molecule has 1 aliphatic carbocycles. The minimum Gasteiger partial charge on any atom is -0.444 e. The van der Waals surface area contributed by atoms with Crippen molar-refractivity contribution in [2.45, 2.75) is 71.8 Å². The number of allylic oxidation sites excluding steroid dienone is 1. The summed E-state index contributed by atoms with van der Waals surface area (Å²) in [5.74, 6) is 0. The Labute approximate surface area is 152 Å². The predicted octanol–water partition coefficient (Wildman–Crippen LogP) is 4.93. The number of fused-ring (bicyclic) bond motifs is 2. The van der Waals surface area contributed by atoms with Crippen molar-refractivity contribution >= 4 is 11.7 Å². The number of ether oxygens (including phenoxy) is 1. The Morgan fingerprint density at radius 1 is 1.04 bits per heavy atom. The second-order valence-corrected chi connectivity index (χ2v) is 8.48. The van der Waals surface area contributed by atoms with Gasteiger partial charge in [-0.2, -0.15) is 0 Å². The summed E-state index contributed by atoms with van der Waals surface area (Å²) < 4.78 is 5.58. The summed E-state index contributed by atoms with van der Waals surface area (Å²) in [5.41, 5.74) is 7.96. The molecule has 3 rings (SSSR count). The Balaban J connectivity index is 1.90. The van der Waals surface area contributed by atoms with Crippen LogP contribution in [0, 0.1) is 0 Å². The molecule has 0 N–H and O–H groups in total. The van der Waals surface area contributed by atoms with E-state index in [0.29, 0.717) is 0 Å². The third-order valence-corrected chi connectivity index (χ3v) is 5.21. The van der Waals surface area contributed by atoms with Gasteiger partial charge >= 0.3 is 6.09 Å². The molecule has 0 atom stereocenters. The standard InChI is InChI=1S/C22H31NO2/c1-15(2)20-18-9-7-6-8-16(18)14-17-10-12-23(13-11-19(17)20)21(24)25-22(3,4)5/h14H,1,6-13H2,2-5H3. The van der Waals surface area contributed by atoms with Crippen LogP contribution in [0.2, 0.25) is 0 Å². The van der Waals surface area contributed by atoms with Crippen LogP contribution in [-0.4, -0.2) is 29.7 Å². The molecule has 3 heteroatoms. The number of rotatable bonds is 1. The molecule has 0 spiro atoms. The van der Waals surface area contributed by atoms with E-state index in [1.54, 1.807) is 0 Å². The van der Waals surface area contributed by atoms with Crippen LogP contribution < -0.4 is 0 Å². The van der Waals surface area contributed by atoms with Crippen molar-refractivity contribution < 1.29 is 9.53 Å². The van der Waals surface area contributed by atoms with Crippen LogP contribution in [0.1, 0.15) is 68.4 Å². The lowest BCUT2D eigenvalue weighted by atomic mass is 9.80. The van der Waals surface area contributed by atoms with E-state index in [2.05, 4.69) is 19.6 Å². The summed E-state index contributed by atoms with van der Waals surface area (Å²) in [6, 6.07) is 2.41. The molecule has 2 aliphatic rings. The summed E-state index contributed by atoms with van der Waals surface area (Å²) >= 11 is 0. The molecule has 0 fully saturated rings. The van der Waals surface area contributed by atoms with Gasteiger partial charge in [0.1, 0.15) is 5.60 Å². The summed E-state index contributed by atoms with van der Waals surface area (Å²) in [5, 5.41) is 0. The maximum atomic E-state index is 12.5. The average Bonchev–Trinajstić information content (AvgIpc) is 2.73. The van der Waals surface area contributed by atoms with Gasteiger partial charge in [0.25, 0.3) is 0 Å². The van der Waals surface area contributed by atoms with Crippen LogP contribution in [0.4, 0.5) is 4.79 Å². The number of carbonyl (C=O) groups is 1. The molecule has 0 radical (unpaired) electrons. The van der Waals surface area contributed by atoms with Crippen molar-refractivity contribution in [1.82, 2.24) is 4.90 Å². The quantitative estimate of drug-likeness (QED) is 0.724. The van der Waals surface area contributed by atoms with Crippen LogP contribution in [0.5, 0.6) is 0 Å². The molecule has 0 saturated heterocycles. The van der Waals surface area contributed by atoms with Crippen molar-refractivity contribution in [1.29, 1.82) is 0 Å². The van der Waals surface area contributed by atoms with E-state index in [9.17, 15) is 4.79 Å². The molecule has 1 aromatic carbocycles. The van der Waals surface area contributed by atoms with Crippen LogP contribution in [-0.2, 0) is 30.4 Å². The van der Waals surface area contributed by atoms with E-state index in [-0.39, 0.29) is 6.09 Å². The van der Waals surface area contributed by atoms with E-state index in [1.165, 1.54) is 59.1 Å². The number of hydrogen-bond acceptors (Lipinski definition) is 2. The van der Waals surface area contributed by atoms with Gasteiger partial charge < -0.3 is 9.64 Å². The summed E-state index contributed by atoms with van der Waals surface area (Å²) in [7, 11) is 0. The lowest BCUT2D eigenvalue weighted by molar-refractivity contribution is 0.0258. The van der Waals surface area contributed by atoms with Gasteiger partial charge in [0, 0.05) is 13.1 Å². The van der Waals surface area contributed by atoms with E-state index in [1.807, 2.05) is 25.7 Å². The van der Waals surface area contributed by atoms with Crippen LogP contribution in [0.15, 0.2) is 12.6 Å². The van der Waals surface area contributed by atoms with E-state index in [0.717, 1.165) is 25.9 Å². The largest absolute Gasteiger partial charge is 0.444 e. The highest BCUT2D eigenvalue weighted by molar-refractivity contribution is 5.72. The lowest BCUT2D eigenvalue weighted by Crippen LogP contribution is -2.38. The molecule has 136 valence electrons. The van der Waals surface area contributed by atoms with E-state index >= 15 is 0 Å². The predicted molar refractivity (Wildman–Crippen MR) is 103 cm³/mol. The molecular weight excluding hydrogens is 310 g/mol. The number of amides is 1. The first-order valence-electron chi connectivity index (χ1n) is 9.56. The van der Waals surface area contributed by atoms with Gasteiger partial charge in [-0.1, -0.05) is 18.2 Å². The molecule has 1 aliphatic heterocycles. The summed E-state index contributed by atoms with van der Waals surface area (Å²) in [6.07, 6.45) is 6.51. The fraction of sp³-hybridized carbons (Fsp3) is 0.591. The summed E-state index contributed by atoms with van der Waals surface area (Å²) in [6.45, 7) is 13.6. The van der Waals surface area contributed by atoms with Crippen molar-refractivity contribution in [2.75, 3.05) is 13.1 Å². The molecule has 1 amide bonds. The first-order chi connectivity index (χ1) is 11.8. The highest BCUT2D eigenvalue weighted by atomic mass is 16.6. The fourth-order valence-electron chi connectivity index (χ4n) is 4.16. The van der Waals surface area contributed by atoms with Gasteiger partial charge in [-0.15, -0.1) is 0 Å². The zero-order valence-electron chi connectivity index (χ0n) is 16.2. The third kappa shape index (κ3) is 3.91. The van der Waals surface area contributed by atoms with Gasteiger partial charge in [0.05, 0.1) is 0 Å². The Morgan fingerprint density at radius 3 is 2.32 bits per heavy atom. The molecule has 0 unspecified atom stereocenters. The zero-order chi connectivity index (χ0) is 18.2. The van der Waals surface area contributed by atoms with Crippen molar-refractivity contribution in [3.63, 3.8) is 0 Å². The third-order valence-electron chi connectivity index (χ3n) is 5.21. The van der Waals surface area contributed by atoms with Crippen molar-refractivity contribution in [3.8, 4) is 0 Å². The first-order valence-corrected chi connectivity index (χ1v) is 9.56. The normalized spacial score (nSPS) is 17.4. The second-order valence-electron chi connectivity index (χ2n) is 8.48. The lowest BCUT2D eigenvalue weighted by Gasteiger charge is -2.26. The molecule has 25 heavy (non-hydrogen) atoms. The van der Waals surface area contributed by atoms with Crippen molar-refractivity contribution in [3.05, 3.63) is 40.5 Å². The van der Waals surface area contributed by atoms with Crippen LogP contribution >= 0.6 is 0 Å². The Morgan fingerprint density at radius 2 is 1.64 bits per heavy atom. The smallest absolute Gasteiger partial charge is 0.410 e. The monoisotopic (exact) mass is 341 g/mol. The topological polar surface area (TPSA) is 29.5 Å². The number of benzene rings is 1. The van der Waals surface area contributed by atoms with Gasteiger partial charge in [0.2, 0.25) is 0 Å². The molecule has 0 saturated carbocycles.